The third-order valence-corrected chi connectivity index (χ3v) is 4.51. The molecule has 2 fully saturated rings. The molecule has 4 amide bonds. The molecular formula is C18H24N4O4. The third kappa shape index (κ3) is 3.58. The maximum Gasteiger partial charge on any atom is 0.412 e. The van der Waals surface area contributed by atoms with Gasteiger partial charge in [0.15, 0.2) is 0 Å². The molecule has 0 unspecified atom stereocenters. The van der Waals surface area contributed by atoms with Crippen molar-refractivity contribution in [1.29, 1.82) is 0 Å². The molecule has 8 nitrogen and oxygen atoms in total. The summed E-state index contributed by atoms with van der Waals surface area (Å²) >= 11 is 0. The lowest BCUT2D eigenvalue weighted by atomic mass is 9.97. The van der Waals surface area contributed by atoms with Crippen molar-refractivity contribution in [2.45, 2.75) is 44.9 Å². The van der Waals surface area contributed by atoms with Gasteiger partial charge in [-0.3, -0.25) is 10.1 Å². The Morgan fingerprint density at radius 3 is 2.27 bits per heavy atom. The average molecular weight is 360 g/mol. The summed E-state index contributed by atoms with van der Waals surface area (Å²) in [5, 5.41) is 5.43. The maximum atomic E-state index is 12.4. The Morgan fingerprint density at radius 1 is 1.12 bits per heavy atom. The summed E-state index contributed by atoms with van der Waals surface area (Å²) in [5.74, 6) is -0.0143. The van der Waals surface area contributed by atoms with Gasteiger partial charge in [0.1, 0.15) is 11.6 Å². The number of anilines is 2. The molecular weight excluding hydrogens is 336 g/mol. The Hall–Kier alpha value is -2.77. The van der Waals surface area contributed by atoms with Gasteiger partial charge in [-0.15, -0.1) is 0 Å². The van der Waals surface area contributed by atoms with Gasteiger partial charge in [0.05, 0.1) is 6.04 Å². The van der Waals surface area contributed by atoms with Crippen molar-refractivity contribution < 1.29 is 19.1 Å². The van der Waals surface area contributed by atoms with E-state index in [0.717, 1.165) is 6.42 Å². The van der Waals surface area contributed by atoms with Crippen molar-refractivity contribution in [2.75, 3.05) is 24.2 Å². The first kappa shape index (κ1) is 18.0. The number of ether oxygens (including phenoxy) is 1. The summed E-state index contributed by atoms with van der Waals surface area (Å²) in [6.07, 6.45) is 0.268. The predicted molar refractivity (Wildman–Crippen MR) is 97.0 cm³/mol. The van der Waals surface area contributed by atoms with Crippen LogP contribution < -0.4 is 10.6 Å². The first-order valence-corrected chi connectivity index (χ1v) is 8.60. The second-order valence-electron chi connectivity index (χ2n) is 7.58. The number of urea groups is 1. The molecule has 2 atom stereocenters. The molecule has 140 valence electrons. The first-order chi connectivity index (χ1) is 12.2. The number of β-lactam (4-membered cyclic amide) rings is 1. The van der Waals surface area contributed by atoms with Crippen LogP contribution in [-0.4, -0.2) is 59.1 Å². The number of carbonyl (C=O) groups is 3. The highest BCUT2D eigenvalue weighted by atomic mass is 16.6. The Morgan fingerprint density at radius 2 is 1.69 bits per heavy atom. The molecule has 0 aliphatic carbocycles. The molecule has 26 heavy (non-hydrogen) atoms. The SMILES string of the molecule is CN1C(=O)[C@@H]2[C@H]1CCN2C(=O)Nc1ccc(NC(=O)OC(C)(C)C)cc1. The molecule has 0 saturated carbocycles. The van der Waals surface area contributed by atoms with E-state index in [1.165, 1.54) is 0 Å². The lowest BCUT2D eigenvalue weighted by Crippen LogP contribution is -2.65. The van der Waals surface area contributed by atoms with E-state index in [0.29, 0.717) is 17.9 Å². The summed E-state index contributed by atoms with van der Waals surface area (Å²) in [7, 11) is 1.77. The number of benzene rings is 1. The van der Waals surface area contributed by atoms with Gasteiger partial charge in [0.25, 0.3) is 0 Å². The van der Waals surface area contributed by atoms with Gasteiger partial charge in [0.2, 0.25) is 5.91 Å². The molecule has 2 N–H and O–H groups in total. The molecule has 2 heterocycles. The second kappa shape index (κ2) is 6.51. The van der Waals surface area contributed by atoms with E-state index >= 15 is 0 Å². The van der Waals surface area contributed by atoms with Gasteiger partial charge in [-0.25, -0.2) is 9.59 Å². The van der Waals surface area contributed by atoms with Crippen molar-refractivity contribution in [1.82, 2.24) is 9.80 Å². The normalized spacial score (nSPS) is 21.8. The van der Waals surface area contributed by atoms with Crippen LogP contribution in [0.4, 0.5) is 21.0 Å². The number of nitrogens with zero attached hydrogens (tertiary/aromatic N) is 2. The van der Waals surface area contributed by atoms with Crippen molar-refractivity contribution in [2.24, 2.45) is 0 Å². The lowest BCUT2D eigenvalue weighted by Gasteiger charge is -2.43. The number of fused-ring (bicyclic) bond motifs is 1. The van der Waals surface area contributed by atoms with Gasteiger partial charge in [0, 0.05) is 25.0 Å². The molecule has 0 bridgehead atoms. The molecule has 0 spiro atoms. The summed E-state index contributed by atoms with van der Waals surface area (Å²) in [4.78, 5) is 39.4. The monoisotopic (exact) mass is 360 g/mol. The number of likely N-dealkylation sites (N-methyl/N-ethyl adjacent to an activating group) is 1. The summed E-state index contributed by atoms with van der Waals surface area (Å²) in [5.41, 5.74) is 0.584. The highest BCUT2D eigenvalue weighted by Crippen LogP contribution is 2.32. The summed E-state index contributed by atoms with van der Waals surface area (Å²) in [6.45, 7) is 5.94. The van der Waals surface area contributed by atoms with E-state index in [9.17, 15) is 14.4 Å². The maximum absolute atomic E-state index is 12.4. The number of amides is 4. The van der Waals surface area contributed by atoms with Gasteiger partial charge in [-0.2, -0.15) is 0 Å². The number of rotatable bonds is 2. The molecule has 0 radical (unpaired) electrons. The zero-order valence-electron chi connectivity index (χ0n) is 15.4. The van der Waals surface area contributed by atoms with Crippen LogP contribution in [0, 0.1) is 0 Å². The van der Waals surface area contributed by atoms with E-state index in [-0.39, 0.29) is 24.0 Å². The second-order valence-corrected chi connectivity index (χ2v) is 7.58. The van der Waals surface area contributed by atoms with Crippen LogP contribution in [0.5, 0.6) is 0 Å². The highest BCUT2D eigenvalue weighted by molar-refractivity contribution is 5.98. The van der Waals surface area contributed by atoms with E-state index < -0.39 is 11.7 Å². The molecule has 3 rings (SSSR count). The molecule has 2 saturated heterocycles. The molecule has 0 aromatic heterocycles. The minimum atomic E-state index is -0.571. The molecule has 1 aromatic rings. The zero-order valence-corrected chi connectivity index (χ0v) is 15.4. The van der Waals surface area contributed by atoms with Gasteiger partial charge in [-0.05, 0) is 51.5 Å². The quantitative estimate of drug-likeness (QED) is 0.793. The fourth-order valence-corrected chi connectivity index (χ4v) is 3.25. The fourth-order valence-electron chi connectivity index (χ4n) is 3.25. The molecule has 1 aromatic carbocycles. The van der Waals surface area contributed by atoms with Gasteiger partial charge < -0.3 is 19.9 Å². The van der Waals surface area contributed by atoms with Gasteiger partial charge >= 0.3 is 12.1 Å². The number of likely N-dealkylation sites (tertiary alicyclic amines) is 2. The lowest BCUT2D eigenvalue weighted by molar-refractivity contribution is -0.149. The smallest absolute Gasteiger partial charge is 0.412 e. The predicted octanol–water partition coefficient (Wildman–Crippen LogP) is 2.48. The Balaban J connectivity index is 1.55. The number of nitrogens with one attached hydrogen (secondary N) is 2. The highest BCUT2D eigenvalue weighted by Gasteiger charge is 2.53. The Labute approximate surface area is 152 Å². The fraction of sp³-hybridized carbons (Fsp3) is 0.500. The van der Waals surface area contributed by atoms with Crippen LogP contribution in [0.3, 0.4) is 0 Å². The molecule has 2 aliphatic heterocycles. The zero-order chi connectivity index (χ0) is 19.1. The van der Waals surface area contributed by atoms with Crippen molar-refractivity contribution in [3.8, 4) is 0 Å². The topological polar surface area (TPSA) is 91.0 Å². The van der Waals surface area contributed by atoms with E-state index in [1.54, 1.807) is 61.9 Å². The standard InChI is InChI=1S/C18H24N4O4/c1-18(2,3)26-17(25)20-12-7-5-11(6-8-12)19-16(24)22-10-9-13-14(22)15(23)21(13)4/h5-8,13-14H,9-10H2,1-4H3,(H,19,24)(H,20,25)/t13-,14+/m1/s1. The largest absolute Gasteiger partial charge is 0.444 e. The first-order valence-electron chi connectivity index (χ1n) is 8.60. The molecule has 2 aliphatic rings. The number of hydrogen-bond acceptors (Lipinski definition) is 4. The van der Waals surface area contributed by atoms with Crippen LogP contribution in [0.25, 0.3) is 0 Å². The van der Waals surface area contributed by atoms with E-state index in [2.05, 4.69) is 10.6 Å². The van der Waals surface area contributed by atoms with Gasteiger partial charge in [-0.1, -0.05) is 0 Å². The van der Waals surface area contributed by atoms with Crippen LogP contribution in [0.2, 0.25) is 0 Å². The number of hydrogen-bond donors (Lipinski definition) is 2. The van der Waals surface area contributed by atoms with Crippen molar-refractivity contribution in [3.05, 3.63) is 24.3 Å². The minimum absolute atomic E-state index is 0.0143. The van der Waals surface area contributed by atoms with Crippen molar-refractivity contribution in [3.63, 3.8) is 0 Å². The Bertz CT molecular complexity index is 726. The Kier molecular flexibility index (Phi) is 4.52. The van der Waals surface area contributed by atoms with Crippen LogP contribution in [-0.2, 0) is 9.53 Å². The average Bonchev–Trinajstić information content (AvgIpc) is 2.95. The molecule has 8 heteroatoms. The summed E-state index contributed by atoms with van der Waals surface area (Å²) in [6, 6.07) is 6.23. The van der Waals surface area contributed by atoms with Crippen LogP contribution in [0.1, 0.15) is 27.2 Å². The van der Waals surface area contributed by atoms with Crippen molar-refractivity contribution >= 4 is 29.4 Å². The minimum Gasteiger partial charge on any atom is -0.444 e. The number of carbonyl (C=O) groups excluding carboxylic acids is 3. The van der Waals surface area contributed by atoms with Crippen LogP contribution in [0.15, 0.2) is 24.3 Å². The third-order valence-electron chi connectivity index (χ3n) is 4.51. The summed E-state index contributed by atoms with van der Waals surface area (Å²) < 4.78 is 5.19. The van der Waals surface area contributed by atoms with E-state index in [4.69, 9.17) is 4.74 Å². The van der Waals surface area contributed by atoms with Crippen LogP contribution >= 0.6 is 0 Å². The van der Waals surface area contributed by atoms with E-state index in [1.807, 2.05) is 0 Å².